The van der Waals surface area contributed by atoms with Crippen molar-refractivity contribution in [2.24, 2.45) is 10.7 Å². The number of guanidine groups is 1. The molecule has 2 fully saturated rings. The highest BCUT2D eigenvalue weighted by atomic mass is 35.5. The second-order valence-corrected chi connectivity index (χ2v) is 9.69. The molecule has 0 atom stereocenters. The Morgan fingerprint density at radius 2 is 1.76 bits per heavy atom. The van der Waals surface area contributed by atoms with Crippen molar-refractivity contribution in [3.8, 4) is 0 Å². The van der Waals surface area contributed by atoms with Crippen molar-refractivity contribution in [2.75, 3.05) is 58.3 Å². The van der Waals surface area contributed by atoms with Crippen LogP contribution in [0.2, 0.25) is 5.15 Å². The molecule has 12 nitrogen and oxygen atoms in total. The number of aliphatic imine (C=N–C) groups is 1. The normalized spacial score (nSPS) is 23.7. The Labute approximate surface area is 198 Å². The molecule has 1 aliphatic carbocycles. The predicted octanol–water partition coefficient (Wildman–Crippen LogP) is -0.842. The summed E-state index contributed by atoms with van der Waals surface area (Å²) in [7, 11) is 4.43. The second-order valence-electron chi connectivity index (χ2n) is 9.33. The molecule has 1 aromatic rings. The molecule has 0 spiro atoms. The maximum Gasteiger partial charge on any atom is 0.280 e. The number of hydrogen-bond acceptors (Lipinski definition) is 8. The fourth-order valence-electron chi connectivity index (χ4n) is 4.04. The number of nitrogens with two attached hydrogens (primary N) is 3. The van der Waals surface area contributed by atoms with E-state index >= 15 is 0 Å². The topological polar surface area (TPSA) is 178 Å². The molecule has 0 bridgehead atoms. The maximum absolute atomic E-state index is 12.4. The van der Waals surface area contributed by atoms with Gasteiger partial charge in [0.15, 0.2) is 28.4 Å². The summed E-state index contributed by atoms with van der Waals surface area (Å²) < 4.78 is 1.00. The lowest BCUT2D eigenvalue weighted by molar-refractivity contribution is -0.894. The van der Waals surface area contributed by atoms with E-state index in [1.54, 1.807) is 0 Å². The Morgan fingerprint density at radius 3 is 2.39 bits per heavy atom. The van der Waals surface area contributed by atoms with Gasteiger partial charge in [0.05, 0.1) is 39.8 Å². The molecular formula is C20H34ClN10O2+. The molecule has 1 saturated carbocycles. The average Bonchev–Trinajstić information content (AvgIpc) is 2.73. The Bertz CT molecular complexity index is 904. The van der Waals surface area contributed by atoms with Crippen molar-refractivity contribution in [2.45, 2.75) is 37.8 Å². The zero-order valence-electron chi connectivity index (χ0n) is 19.2. The van der Waals surface area contributed by atoms with Crippen LogP contribution in [-0.2, 0) is 4.79 Å². The van der Waals surface area contributed by atoms with Crippen LogP contribution in [0, 0.1) is 0 Å². The lowest BCUT2D eigenvalue weighted by atomic mass is 9.91. The Morgan fingerprint density at radius 1 is 1.12 bits per heavy atom. The molecule has 8 N–H and O–H groups in total. The van der Waals surface area contributed by atoms with E-state index in [4.69, 9.17) is 28.8 Å². The average molecular weight is 482 g/mol. The van der Waals surface area contributed by atoms with Crippen molar-refractivity contribution in [3.63, 3.8) is 0 Å². The summed E-state index contributed by atoms with van der Waals surface area (Å²) >= 11 is 5.81. The fraction of sp³-hybridized carbons (Fsp3) is 0.650. The van der Waals surface area contributed by atoms with Crippen LogP contribution in [0.25, 0.3) is 0 Å². The van der Waals surface area contributed by atoms with Crippen LogP contribution in [0.1, 0.15) is 36.2 Å². The van der Waals surface area contributed by atoms with E-state index < -0.39 is 5.91 Å². The van der Waals surface area contributed by atoms with Crippen molar-refractivity contribution in [3.05, 3.63) is 10.8 Å². The standard InChI is InChI=1S/C20H33ClN10O2/c1-31(2)9-7-30(8-10-31)11-14(32)25-12-3-5-13(6-4-12)26-20(24)29-19(33)15-17(22)28-18(23)16(21)27-15/h12-13H,3-11H2,1-2H3,(H7-,22,23,24,25,26,28,29,32,33)/p+1. The highest BCUT2D eigenvalue weighted by molar-refractivity contribution is 6.31. The van der Waals surface area contributed by atoms with Gasteiger partial charge in [0.1, 0.15) is 0 Å². The Hall–Kier alpha value is -2.70. The molecule has 182 valence electrons. The zero-order chi connectivity index (χ0) is 24.2. The van der Waals surface area contributed by atoms with Crippen LogP contribution >= 0.6 is 11.6 Å². The third-order valence-corrected chi connectivity index (χ3v) is 6.43. The summed E-state index contributed by atoms with van der Waals surface area (Å²) in [6.07, 6.45) is 3.12. The number of nitrogens with one attached hydrogen (secondary N) is 2. The largest absolute Gasteiger partial charge is 0.382 e. The molecule has 2 aliphatic rings. The highest BCUT2D eigenvalue weighted by Gasteiger charge is 2.27. The number of carbonyl (C=O) groups is 2. The van der Waals surface area contributed by atoms with Crippen molar-refractivity contribution in [1.29, 1.82) is 0 Å². The van der Waals surface area contributed by atoms with Crippen LogP contribution in [0.15, 0.2) is 4.99 Å². The smallest absolute Gasteiger partial charge is 0.280 e. The van der Waals surface area contributed by atoms with Crippen molar-refractivity contribution in [1.82, 2.24) is 25.5 Å². The van der Waals surface area contributed by atoms with Gasteiger partial charge in [-0.15, -0.1) is 0 Å². The molecule has 0 aromatic carbocycles. The molecule has 33 heavy (non-hydrogen) atoms. The van der Waals surface area contributed by atoms with Crippen LogP contribution in [0.4, 0.5) is 11.6 Å². The van der Waals surface area contributed by atoms with E-state index in [9.17, 15) is 9.59 Å². The SMILES string of the molecule is C[N+]1(C)CCN(CC(=O)NC2CCC(N=C(N)NC(=O)c3nc(Cl)c(N)nc3N)CC2)CC1. The summed E-state index contributed by atoms with van der Waals surface area (Å²) in [6, 6.07) is 0.0859. The lowest BCUT2D eigenvalue weighted by Crippen LogP contribution is -2.56. The molecule has 2 amide bonds. The van der Waals surface area contributed by atoms with E-state index in [0.717, 1.165) is 56.3 Å². The summed E-state index contributed by atoms with van der Waals surface area (Å²) in [5, 5.41) is 5.48. The molecule has 0 unspecified atom stereocenters. The van der Waals surface area contributed by atoms with Gasteiger partial charge in [-0.25, -0.2) is 15.0 Å². The quantitative estimate of drug-likeness (QED) is 0.205. The minimum absolute atomic E-state index is 0.0342. The number of quaternary nitrogens is 1. The molecule has 2 heterocycles. The number of nitrogens with zero attached hydrogens (tertiary/aromatic N) is 5. The van der Waals surface area contributed by atoms with Gasteiger partial charge in [-0.05, 0) is 25.7 Å². The van der Waals surface area contributed by atoms with Gasteiger partial charge in [0.25, 0.3) is 5.91 Å². The van der Waals surface area contributed by atoms with Crippen molar-refractivity contribution >= 4 is 41.0 Å². The third kappa shape index (κ3) is 7.14. The number of piperazine rings is 1. The van der Waals surface area contributed by atoms with E-state index in [0.29, 0.717) is 6.54 Å². The number of amides is 2. The number of rotatable bonds is 5. The van der Waals surface area contributed by atoms with Crippen LogP contribution < -0.4 is 27.8 Å². The van der Waals surface area contributed by atoms with E-state index in [2.05, 4.69) is 44.6 Å². The molecule has 3 rings (SSSR count). The highest BCUT2D eigenvalue weighted by Crippen LogP contribution is 2.21. The fourth-order valence-corrected chi connectivity index (χ4v) is 4.17. The van der Waals surface area contributed by atoms with Gasteiger partial charge < -0.3 is 27.0 Å². The van der Waals surface area contributed by atoms with Gasteiger partial charge in [0.2, 0.25) is 5.91 Å². The number of nitrogen functional groups attached to an aromatic ring is 2. The number of anilines is 2. The van der Waals surface area contributed by atoms with E-state index in [-0.39, 0.29) is 46.4 Å². The van der Waals surface area contributed by atoms with Crippen molar-refractivity contribution < 1.29 is 14.1 Å². The summed E-state index contributed by atoms with van der Waals surface area (Å²) in [6.45, 7) is 4.43. The Kier molecular flexibility index (Phi) is 7.92. The first-order valence-corrected chi connectivity index (χ1v) is 11.5. The van der Waals surface area contributed by atoms with Gasteiger partial charge in [-0.3, -0.25) is 19.8 Å². The third-order valence-electron chi connectivity index (χ3n) is 6.16. The van der Waals surface area contributed by atoms with Gasteiger partial charge in [0, 0.05) is 19.1 Å². The number of carbonyl (C=O) groups excluding carboxylic acids is 2. The van der Waals surface area contributed by atoms with Crippen LogP contribution in [0.3, 0.4) is 0 Å². The zero-order valence-corrected chi connectivity index (χ0v) is 19.9. The summed E-state index contributed by atoms with van der Waals surface area (Å²) in [5.41, 5.74) is 16.9. The number of hydrogen-bond donors (Lipinski definition) is 5. The van der Waals surface area contributed by atoms with Crippen LogP contribution in [-0.4, -0.2) is 96.0 Å². The van der Waals surface area contributed by atoms with Gasteiger partial charge >= 0.3 is 0 Å². The molecular weight excluding hydrogens is 448 g/mol. The van der Waals surface area contributed by atoms with E-state index in [1.165, 1.54) is 0 Å². The molecule has 0 radical (unpaired) electrons. The Balaban J connectivity index is 1.42. The molecule has 1 aliphatic heterocycles. The maximum atomic E-state index is 12.4. The van der Waals surface area contributed by atoms with E-state index in [1.807, 2.05) is 0 Å². The first-order valence-electron chi connectivity index (χ1n) is 11.1. The van der Waals surface area contributed by atoms with Crippen LogP contribution in [0.5, 0.6) is 0 Å². The number of likely N-dealkylation sites (N-methyl/N-ethyl adjacent to an activating group) is 1. The molecule has 1 saturated heterocycles. The minimum atomic E-state index is -0.663. The monoisotopic (exact) mass is 481 g/mol. The molecule has 13 heteroatoms. The second kappa shape index (κ2) is 10.5. The first kappa shape index (κ1) is 24.9. The summed E-state index contributed by atoms with van der Waals surface area (Å²) in [5.74, 6) is -0.833. The number of halogens is 1. The van der Waals surface area contributed by atoms with Gasteiger partial charge in [-0.2, -0.15) is 0 Å². The molecule has 1 aromatic heterocycles. The first-order chi connectivity index (χ1) is 15.5. The van der Waals surface area contributed by atoms with Gasteiger partial charge in [-0.1, -0.05) is 11.6 Å². The lowest BCUT2D eigenvalue weighted by Gasteiger charge is -2.39. The summed E-state index contributed by atoms with van der Waals surface area (Å²) in [4.78, 5) is 39.0. The predicted molar refractivity (Wildman–Crippen MR) is 127 cm³/mol. The number of aromatic nitrogens is 2. The minimum Gasteiger partial charge on any atom is -0.382 e.